The molecule has 0 spiro atoms. The summed E-state index contributed by atoms with van der Waals surface area (Å²) in [5, 5.41) is 0. The molecule has 0 radical (unpaired) electrons. The Kier molecular flexibility index (Phi) is 7.66. The van der Waals surface area contributed by atoms with Gasteiger partial charge in [0.2, 0.25) is 0 Å². The van der Waals surface area contributed by atoms with E-state index in [0.717, 1.165) is 5.56 Å². The second-order valence-corrected chi connectivity index (χ2v) is 4.78. The maximum absolute atomic E-state index is 11.6. The molecule has 88 valence electrons. The number of allylic oxidation sites excluding steroid dienone is 1. The zero-order valence-electron chi connectivity index (χ0n) is 8.93. The Morgan fingerprint density at radius 1 is 1.12 bits per heavy atom. The molecule has 5 heteroatoms. The van der Waals surface area contributed by atoms with Crippen molar-refractivity contribution in [1.29, 1.82) is 0 Å². The fourth-order valence-electron chi connectivity index (χ4n) is 1.16. The summed E-state index contributed by atoms with van der Waals surface area (Å²) in [5.74, 6) is 0. The molecule has 0 saturated carbocycles. The van der Waals surface area contributed by atoms with Gasteiger partial charge in [0.1, 0.15) is 0 Å². The summed E-state index contributed by atoms with van der Waals surface area (Å²) >= 11 is 0. The molecule has 0 aliphatic rings. The Balaban J connectivity index is 0.00000256. The number of hydrogen-bond donors (Lipinski definition) is 0. The quantitative estimate of drug-likeness (QED) is 0.445. The van der Waals surface area contributed by atoms with E-state index in [2.05, 4.69) is 13.2 Å². The van der Waals surface area contributed by atoms with Crippen LogP contribution >= 0.6 is 0 Å². The Hall–Kier alpha value is -0.390. The van der Waals surface area contributed by atoms with Gasteiger partial charge in [0, 0.05) is 0 Å². The summed E-state index contributed by atoms with van der Waals surface area (Å²) < 4.78 is 27.8. The van der Waals surface area contributed by atoms with Gasteiger partial charge in [-0.05, 0) is 24.1 Å². The molecule has 0 heterocycles. The first-order chi connectivity index (χ1) is 7.60. The van der Waals surface area contributed by atoms with E-state index < -0.39 is 10.1 Å². The van der Waals surface area contributed by atoms with E-state index in [1.54, 1.807) is 18.2 Å². The van der Waals surface area contributed by atoms with Crippen LogP contribution in [0.3, 0.4) is 0 Å². The van der Waals surface area contributed by atoms with Crippen LogP contribution in [0, 0.1) is 0 Å². The van der Waals surface area contributed by atoms with Crippen molar-refractivity contribution >= 4 is 39.7 Å². The van der Waals surface area contributed by atoms with Gasteiger partial charge in [-0.25, -0.2) is 0 Å². The van der Waals surface area contributed by atoms with Gasteiger partial charge in [0.15, 0.2) is 0 Å². The van der Waals surface area contributed by atoms with Crippen LogP contribution in [-0.4, -0.2) is 44.6 Å². The van der Waals surface area contributed by atoms with Crippen molar-refractivity contribution in [3.05, 3.63) is 55.1 Å². The van der Waals surface area contributed by atoms with Gasteiger partial charge >= 0.3 is 29.6 Å². The normalized spacial score (nSPS) is 10.4. The third-order valence-corrected chi connectivity index (χ3v) is 3.23. The van der Waals surface area contributed by atoms with E-state index in [1.807, 2.05) is 0 Å². The van der Waals surface area contributed by atoms with E-state index >= 15 is 0 Å². The molecule has 0 N–H and O–H groups in total. The number of benzene rings is 1. The molecule has 0 aromatic heterocycles. The van der Waals surface area contributed by atoms with Crippen LogP contribution in [0.2, 0.25) is 0 Å². The molecular weight excluding hydrogens is 247 g/mol. The molecule has 1 aromatic carbocycles. The molecule has 3 nitrogen and oxygen atoms in total. The maximum atomic E-state index is 11.6. The summed E-state index contributed by atoms with van der Waals surface area (Å²) in [5.41, 5.74) is 1.01. The molecule has 1 rings (SSSR count). The van der Waals surface area contributed by atoms with E-state index in [1.165, 1.54) is 18.2 Å². The Bertz CT molecular complexity index is 463. The third-order valence-electron chi connectivity index (χ3n) is 1.93. The summed E-state index contributed by atoms with van der Waals surface area (Å²) in [6.45, 7) is 6.99. The summed E-state index contributed by atoms with van der Waals surface area (Å²) in [6.07, 6.45) is 3.87. The van der Waals surface area contributed by atoms with E-state index in [9.17, 15) is 8.42 Å². The Labute approximate surface area is 125 Å². The predicted octanol–water partition coefficient (Wildman–Crippen LogP) is 1.66. The topological polar surface area (TPSA) is 43.4 Å². The molecular formula is C12H15NaO3S. The van der Waals surface area contributed by atoms with Gasteiger partial charge < -0.3 is 0 Å². The molecule has 0 bridgehead atoms. The van der Waals surface area contributed by atoms with Crippen molar-refractivity contribution in [2.75, 3.05) is 6.61 Å². The van der Waals surface area contributed by atoms with E-state index in [0.29, 0.717) is 6.42 Å². The molecule has 0 atom stereocenters. The molecule has 0 aliphatic heterocycles. The van der Waals surface area contributed by atoms with Crippen molar-refractivity contribution in [2.24, 2.45) is 0 Å². The van der Waals surface area contributed by atoms with E-state index in [4.69, 9.17) is 4.18 Å². The van der Waals surface area contributed by atoms with Gasteiger partial charge in [0.05, 0.1) is 11.5 Å². The summed E-state index contributed by atoms with van der Waals surface area (Å²) in [6, 6.07) is 6.53. The Morgan fingerprint density at radius 3 is 2.18 bits per heavy atom. The molecule has 0 unspecified atom stereocenters. The van der Waals surface area contributed by atoms with E-state index in [-0.39, 0.29) is 41.1 Å². The van der Waals surface area contributed by atoms with Crippen molar-refractivity contribution in [3.63, 3.8) is 0 Å². The minimum atomic E-state index is -3.65. The third kappa shape index (κ3) is 5.19. The minimum absolute atomic E-state index is 0. The first-order valence-electron chi connectivity index (χ1n) is 4.80. The van der Waals surface area contributed by atoms with Crippen molar-refractivity contribution in [1.82, 2.24) is 0 Å². The van der Waals surface area contributed by atoms with Crippen molar-refractivity contribution in [3.8, 4) is 0 Å². The molecule has 0 amide bonds. The van der Waals surface area contributed by atoms with Gasteiger partial charge in [-0.3, -0.25) is 4.18 Å². The van der Waals surface area contributed by atoms with Crippen LogP contribution in [0.1, 0.15) is 5.56 Å². The van der Waals surface area contributed by atoms with Crippen LogP contribution in [0.25, 0.3) is 0 Å². The van der Waals surface area contributed by atoms with Gasteiger partial charge in [-0.15, -0.1) is 13.2 Å². The second-order valence-electron chi connectivity index (χ2n) is 3.16. The number of rotatable bonds is 6. The van der Waals surface area contributed by atoms with Crippen LogP contribution < -0.4 is 0 Å². The van der Waals surface area contributed by atoms with Crippen LogP contribution in [0.15, 0.2) is 54.5 Å². The van der Waals surface area contributed by atoms with Crippen molar-refractivity contribution < 1.29 is 12.6 Å². The summed E-state index contributed by atoms with van der Waals surface area (Å²) in [4.78, 5) is 0.155. The Morgan fingerprint density at radius 2 is 1.71 bits per heavy atom. The molecule has 17 heavy (non-hydrogen) atoms. The predicted molar refractivity (Wildman–Crippen MR) is 70.8 cm³/mol. The molecule has 0 fully saturated rings. The monoisotopic (exact) mass is 262 g/mol. The fraction of sp³-hybridized carbons (Fsp3) is 0.167. The van der Waals surface area contributed by atoms with Crippen LogP contribution in [-0.2, 0) is 20.7 Å². The zero-order valence-corrected chi connectivity index (χ0v) is 9.74. The van der Waals surface area contributed by atoms with Gasteiger partial charge in [-0.2, -0.15) is 8.42 Å². The van der Waals surface area contributed by atoms with Crippen LogP contribution in [0.5, 0.6) is 0 Å². The van der Waals surface area contributed by atoms with Crippen molar-refractivity contribution in [2.45, 2.75) is 11.3 Å². The standard InChI is InChI=1S/C12H14O3S.Na.H/c1-3-5-11-6-8-12(9-7-11)16(13,14)15-10-4-2;;/h3-4,6-9H,1-2,5,10H2;;. The first-order valence-corrected chi connectivity index (χ1v) is 6.21. The molecule has 1 aromatic rings. The summed E-state index contributed by atoms with van der Waals surface area (Å²) in [7, 11) is -3.65. The van der Waals surface area contributed by atoms with Gasteiger partial charge in [-0.1, -0.05) is 24.3 Å². The average molecular weight is 262 g/mol. The first kappa shape index (κ1) is 16.6. The molecule has 0 aliphatic carbocycles. The second kappa shape index (κ2) is 7.84. The van der Waals surface area contributed by atoms with Crippen LogP contribution in [0.4, 0.5) is 0 Å². The number of hydrogen-bond acceptors (Lipinski definition) is 3. The SMILES string of the molecule is C=CCOS(=O)(=O)c1ccc(CC=C)cc1.[NaH]. The fourth-order valence-corrected chi connectivity index (χ4v) is 2.05. The molecule has 0 saturated heterocycles. The zero-order chi connectivity index (χ0) is 12.0. The van der Waals surface area contributed by atoms with Gasteiger partial charge in [0.25, 0.3) is 10.1 Å². The average Bonchev–Trinajstić information content (AvgIpc) is 2.28.